The van der Waals surface area contributed by atoms with Gasteiger partial charge in [0.2, 0.25) is 0 Å². The van der Waals surface area contributed by atoms with E-state index in [0.717, 1.165) is 0 Å². The van der Waals surface area contributed by atoms with Gasteiger partial charge in [-0.3, -0.25) is 4.57 Å². The molecule has 0 amide bonds. The molecule has 0 aromatic carbocycles. The molecule has 0 N–H and O–H groups in total. The minimum absolute atomic E-state index is 0.0472. The van der Waals surface area contributed by atoms with Gasteiger partial charge in [0.1, 0.15) is 0 Å². The lowest BCUT2D eigenvalue weighted by Crippen LogP contribution is -2.32. The maximum Gasteiger partial charge on any atom is 0.353 e. The van der Waals surface area contributed by atoms with Crippen LogP contribution < -0.4 is 0 Å². The fourth-order valence-electron chi connectivity index (χ4n) is 1.69. The SMILES string of the molecule is COC(C)(C)O[C@H]1CO[C@H](/C=C/P(=O)(OC)OC)C1. The third kappa shape index (κ3) is 5.34. The summed E-state index contributed by atoms with van der Waals surface area (Å²) < 4.78 is 37.9. The molecule has 1 aliphatic rings. The Morgan fingerprint density at radius 1 is 1.26 bits per heavy atom. The van der Waals surface area contributed by atoms with Crippen LogP contribution in [-0.4, -0.2) is 45.9 Å². The third-order valence-corrected chi connectivity index (χ3v) is 4.48. The van der Waals surface area contributed by atoms with Crippen LogP contribution in [0.4, 0.5) is 0 Å². The fourth-order valence-corrected chi connectivity index (χ4v) is 2.48. The summed E-state index contributed by atoms with van der Waals surface area (Å²) in [6.07, 6.45) is 2.17. The van der Waals surface area contributed by atoms with Gasteiger partial charge in [-0.2, -0.15) is 0 Å². The molecule has 0 bridgehead atoms. The molecule has 1 aliphatic heterocycles. The highest BCUT2D eigenvalue weighted by Crippen LogP contribution is 2.48. The van der Waals surface area contributed by atoms with Gasteiger partial charge in [0, 0.05) is 33.6 Å². The van der Waals surface area contributed by atoms with Gasteiger partial charge in [-0.15, -0.1) is 0 Å². The minimum atomic E-state index is -3.13. The van der Waals surface area contributed by atoms with Crippen molar-refractivity contribution in [1.29, 1.82) is 0 Å². The van der Waals surface area contributed by atoms with Crippen molar-refractivity contribution in [2.45, 2.75) is 38.3 Å². The Kier molecular flexibility index (Phi) is 6.17. The molecule has 1 fully saturated rings. The van der Waals surface area contributed by atoms with E-state index in [1.807, 2.05) is 13.8 Å². The normalized spacial score (nSPS) is 25.3. The molecule has 0 spiro atoms. The van der Waals surface area contributed by atoms with Crippen LogP contribution in [0.3, 0.4) is 0 Å². The summed E-state index contributed by atoms with van der Waals surface area (Å²) in [5.74, 6) is 0.780. The predicted octanol–water partition coefficient (Wildman–Crippen LogP) is 2.54. The van der Waals surface area contributed by atoms with Crippen LogP contribution in [0.5, 0.6) is 0 Å². The smallest absolute Gasteiger partial charge is 0.353 e. The summed E-state index contributed by atoms with van der Waals surface area (Å²) in [4.78, 5) is 0. The Morgan fingerprint density at radius 3 is 2.42 bits per heavy atom. The second kappa shape index (κ2) is 6.97. The van der Waals surface area contributed by atoms with Crippen molar-refractivity contribution in [2.75, 3.05) is 27.9 Å². The van der Waals surface area contributed by atoms with E-state index in [1.165, 1.54) is 20.0 Å². The van der Waals surface area contributed by atoms with Gasteiger partial charge in [0.05, 0.1) is 18.8 Å². The molecule has 0 aromatic heterocycles. The minimum Gasteiger partial charge on any atom is -0.371 e. The Bertz CT molecular complexity index is 346. The molecule has 2 atom stereocenters. The first-order valence-corrected chi connectivity index (χ1v) is 7.70. The first-order valence-electron chi connectivity index (χ1n) is 6.09. The zero-order valence-corrected chi connectivity index (χ0v) is 13.0. The zero-order chi connectivity index (χ0) is 14.5. The van der Waals surface area contributed by atoms with E-state index < -0.39 is 13.4 Å². The number of methoxy groups -OCH3 is 1. The van der Waals surface area contributed by atoms with Gasteiger partial charge >= 0.3 is 7.60 Å². The average molecular weight is 294 g/mol. The Hall–Kier alpha value is -0.230. The second-order valence-corrected chi connectivity index (χ2v) is 6.81. The first-order chi connectivity index (χ1) is 8.84. The maximum absolute atomic E-state index is 11.8. The topological polar surface area (TPSA) is 63.2 Å². The van der Waals surface area contributed by atoms with E-state index in [-0.39, 0.29) is 12.2 Å². The van der Waals surface area contributed by atoms with Gasteiger partial charge in [-0.05, 0) is 19.9 Å². The van der Waals surface area contributed by atoms with Crippen LogP contribution in [0.15, 0.2) is 11.9 Å². The summed E-state index contributed by atoms with van der Waals surface area (Å²) >= 11 is 0. The van der Waals surface area contributed by atoms with Crippen molar-refractivity contribution in [2.24, 2.45) is 0 Å². The lowest BCUT2D eigenvalue weighted by molar-refractivity contribution is -0.222. The molecular formula is C12H23O6P. The molecule has 0 unspecified atom stereocenters. The standard InChI is InChI=1S/C12H23O6P/c1-12(2,14-3)18-11-8-10(17-9-11)6-7-19(13,15-4)16-5/h6-7,10-11H,8-9H2,1-5H3/b7-6+/t10-,11-/m1/s1. The molecule has 0 radical (unpaired) electrons. The number of hydrogen-bond donors (Lipinski definition) is 0. The van der Waals surface area contributed by atoms with Gasteiger partial charge in [0.15, 0.2) is 5.79 Å². The predicted molar refractivity (Wildman–Crippen MR) is 71.1 cm³/mol. The molecule has 0 aliphatic carbocycles. The van der Waals surface area contributed by atoms with Gasteiger partial charge in [-0.25, -0.2) is 0 Å². The van der Waals surface area contributed by atoms with Crippen LogP contribution >= 0.6 is 7.60 Å². The van der Waals surface area contributed by atoms with Gasteiger partial charge < -0.3 is 23.3 Å². The Morgan fingerprint density at radius 2 is 1.89 bits per heavy atom. The van der Waals surface area contributed by atoms with Crippen LogP contribution in [0.2, 0.25) is 0 Å². The molecule has 112 valence electrons. The van der Waals surface area contributed by atoms with Gasteiger partial charge in [0.25, 0.3) is 0 Å². The molecule has 1 heterocycles. The van der Waals surface area contributed by atoms with Crippen molar-refractivity contribution in [3.63, 3.8) is 0 Å². The lowest BCUT2D eigenvalue weighted by Gasteiger charge is -2.26. The van der Waals surface area contributed by atoms with Crippen LogP contribution in [-0.2, 0) is 27.8 Å². The van der Waals surface area contributed by atoms with Crippen molar-refractivity contribution < 1.29 is 27.8 Å². The Balaban J connectivity index is 2.49. The van der Waals surface area contributed by atoms with E-state index in [0.29, 0.717) is 13.0 Å². The quantitative estimate of drug-likeness (QED) is 0.531. The molecule has 6 nitrogen and oxygen atoms in total. The summed E-state index contributed by atoms with van der Waals surface area (Å²) in [6, 6.07) is 0. The second-order valence-electron chi connectivity index (χ2n) is 4.70. The molecule has 1 rings (SSSR count). The summed E-state index contributed by atoms with van der Waals surface area (Å²) in [6.45, 7) is 4.17. The zero-order valence-electron chi connectivity index (χ0n) is 12.1. The Labute approximate surface area is 114 Å². The lowest BCUT2D eigenvalue weighted by atomic mass is 10.2. The third-order valence-electron chi connectivity index (χ3n) is 2.93. The van der Waals surface area contributed by atoms with Crippen molar-refractivity contribution >= 4 is 7.60 Å². The number of rotatable bonds is 7. The summed E-state index contributed by atoms with van der Waals surface area (Å²) in [5, 5.41) is 0. The first kappa shape index (κ1) is 16.8. The van der Waals surface area contributed by atoms with E-state index in [2.05, 4.69) is 0 Å². The van der Waals surface area contributed by atoms with Crippen molar-refractivity contribution in [3.05, 3.63) is 11.9 Å². The maximum atomic E-state index is 11.8. The highest BCUT2D eigenvalue weighted by molar-refractivity contribution is 7.57. The molecule has 19 heavy (non-hydrogen) atoms. The number of hydrogen-bond acceptors (Lipinski definition) is 6. The average Bonchev–Trinajstić information content (AvgIpc) is 2.83. The molecule has 1 saturated heterocycles. The molecular weight excluding hydrogens is 271 g/mol. The molecule has 7 heteroatoms. The monoisotopic (exact) mass is 294 g/mol. The largest absolute Gasteiger partial charge is 0.371 e. The fraction of sp³-hybridized carbons (Fsp3) is 0.833. The van der Waals surface area contributed by atoms with E-state index in [1.54, 1.807) is 13.2 Å². The summed E-state index contributed by atoms with van der Waals surface area (Å²) in [7, 11) is 1.16. The van der Waals surface area contributed by atoms with Gasteiger partial charge in [-0.1, -0.05) is 0 Å². The highest BCUT2D eigenvalue weighted by atomic mass is 31.2. The summed E-state index contributed by atoms with van der Waals surface area (Å²) in [5.41, 5.74) is 0. The number of ether oxygens (including phenoxy) is 3. The van der Waals surface area contributed by atoms with Crippen molar-refractivity contribution in [3.8, 4) is 0 Å². The van der Waals surface area contributed by atoms with Crippen LogP contribution in [0.1, 0.15) is 20.3 Å². The van der Waals surface area contributed by atoms with Crippen LogP contribution in [0.25, 0.3) is 0 Å². The molecule has 0 aromatic rings. The molecule has 0 saturated carbocycles. The highest BCUT2D eigenvalue weighted by Gasteiger charge is 2.30. The van der Waals surface area contributed by atoms with Crippen LogP contribution in [0, 0.1) is 0 Å². The van der Waals surface area contributed by atoms with Crippen molar-refractivity contribution in [1.82, 2.24) is 0 Å². The van der Waals surface area contributed by atoms with E-state index >= 15 is 0 Å². The van der Waals surface area contributed by atoms with E-state index in [4.69, 9.17) is 23.3 Å². The van der Waals surface area contributed by atoms with E-state index in [9.17, 15) is 4.57 Å².